The third kappa shape index (κ3) is 5.77. The van der Waals surface area contributed by atoms with Crippen LogP contribution in [-0.4, -0.2) is 61.6 Å². The lowest BCUT2D eigenvalue weighted by Crippen LogP contribution is -2.60. The number of ether oxygens (including phenoxy) is 2. The summed E-state index contributed by atoms with van der Waals surface area (Å²) in [6, 6.07) is 0. The van der Waals surface area contributed by atoms with Crippen molar-refractivity contribution in [3.8, 4) is 0 Å². The molecule has 3 rings (SSSR count). The average molecular weight is 482 g/mol. The molecule has 34 heavy (non-hydrogen) atoms. The van der Waals surface area contributed by atoms with Crippen LogP contribution >= 0.6 is 0 Å². The number of rotatable bonds is 4. The Hall–Kier alpha value is -1.22. The van der Waals surface area contributed by atoms with Crippen LogP contribution in [0.1, 0.15) is 107 Å². The summed E-state index contributed by atoms with van der Waals surface area (Å²) in [5.41, 5.74) is -2.11. The molecule has 0 aromatic carbocycles. The van der Waals surface area contributed by atoms with Gasteiger partial charge in [-0.1, -0.05) is 0 Å². The lowest BCUT2D eigenvalue weighted by Gasteiger charge is -2.51. The Morgan fingerprint density at radius 2 is 0.941 bits per heavy atom. The first-order chi connectivity index (χ1) is 15.4. The van der Waals surface area contributed by atoms with Crippen molar-refractivity contribution in [1.82, 2.24) is 10.1 Å². The molecule has 1 saturated carbocycles. The van der Waals surface area contributed by atoms with Crippen molar-refractivity contribution in [2.24, 2.45) is 11.8 Å². The summed E-state index contributed by atoms with van der Waals surface area (Å²) in [5, 5.41) is 25.5. The van der Waals surface area contributed by atoms with Crippen molar-refractivity contribution in [2.45, 2.75) is 141 Å². The molecule has 0 spiro atoms. The summed E-state index contributed by atoms with van der Waals surface area (Å²) >= 11 is 0. The second kappa shape index (κ2) is 9.34. The quantitative estimate of drug-likeness (QED) is 0.583. The summed E-state index contributed by atoms with van der Waals surface area (Å²) in [4.78, 5) is 25.8. The maximum absolute atomic E-state index is 12.9. The fraction of sp³-hybridized carbons (Fsp3) is 0.923. The summed E-state index contributed by atoms with van der Waals surface area (Å²) in [5.74, 6) is -0.817. The van der Waals surface area contributed by atoms with Gasteiger partial charge in [-0.2, -0.15) is 5.06 Å². The topological polar surface area (TPSA) is 99.2 Å². The number of carbonyl (C=O) groups is 2. The molecule has 2 aliphatic heterocycles. The number of carbonyl (C=O) groups excluding carboxylic acids is 2. The highest BCUT2D eigenvalue weighted by Crippen LogP contribution is 2.41. The Bertz CT molecular complexity index is 669. The van der Waals surface area contributed by atoms with Crippen molar-refractivity contribution in [3.63, 3.8) is 0 Å². The van der Waals surface area contributed by atoms with E-state index >= 15 is 0 Å². The van der Waals surface area contributed by atoms with E-state index in [1.165, 1.54) is 5.06 Å². The first kappa shape index (κ1) is 27.4. The molecule has 1 aliphatic carbocycles. The molecule has 3 aliphatic rings. The van der Waals surface area contributed by atoms with Gasteiger partial charge in [-0.15, -0.1) is 10.3 Å². The molecule has 0 unspecified atom stereocenters. The molecule has 0 amide bonds. The van der Waals surface area contributed by atoms with Gasteiger partial charge in [0.2, 0.25) is 0 Å². The van der Waals surface area contributed by atoms with Crippen molar-refractivity contribution in [1.29, 1.82) is 0 Å². The number of esters is 2. The van der Waals surface area contributed by atoms with E-state index in [9.17, 15) is 20.0 Å². The molecule has 1 radical (unpaired) electrons. The normalized spacial score (nSPS) is 32.2. The van der Waals surface area contributed by atoms with Crippen LogP contribution in [0.3, 0.4) is 0 Å². The van der Waals surface area contributed by atoms with E-state index in [0.29, 0.717) is 51.4 Å². The molecule has 0 bridgehead atoms. The number of hydrogen-bond acceptors (Lipinski definition) is 7. The van der Waals surface area contributed by atoms with E-state index in [4.69, 9.17) is 9.47 Å². The minimum atomic E-state index is -0.580. The molecular formula is C26H45N2O6. The Kier molecular flexibility index (Phi) is 7.52. The molecule has 195 valence electrons. The summed E-state index contributed by atoms with van der Waals surface area (Å²) in [6.07, 6.45) is 4.14. The predicted molar refractivity (Wildman–Crippen MR) is 126 cm³/mol. The molecule has 1 N–H and O–H groups in total. The van der Waals surface area contributed by atoms with E-state index in [1.807, 2.05) is 55.4 Å². The third-order valence-corrected chi connectivity index (χ3v) is 8.11. The van der Waals surface area contributed by atoms with Crippen LogP contribution in [0.5, 0.6) is 0 Å². The Labute approximate surface area is 204 Å². The van der Waals surface area contributed by atoms with Gasteiger partial charge < -0.3 is 14.7 Å². The van der Waals surface area contributed by atoms with Crippen molar-refractivity contribution in [2.75, 3.05) is 0 Å². The zero-order valence-electron chi connectivity index (χ0n) is 22.3. The average Bonchev–Trinajstić information content (AvgIpc) is 2.69. The molecular weight excluding hydrogens is 436 g/mol. The van der Waals surface area contributed by atoms with Crippen molar-refractivity contribution < 1.29 is 29.5 Å². The number of hydrogen-bond donors (Lipinski definition) is 1. The maximum atomic E-state index is 12.9. The van der Waals surface area contributed by atoms with Gasteiger partial charge >= 0.3 is 11.9 Å². The van der Waals surface area contributed by atoms with E-state index in [-0.39, 0.29) is 36.0 Å². The van der Waals surface area contributed by atoms with Crippen molar-refractivity contribution in [3.05, 3.63) is 0 Å². The first-order valence-corrected chi connectivity index (χ1v) is 12.8. The van der Waals surface area contributed by atoms with E-state index in [0.717, 1.165) is 5.06 Å². The van der Waals surface area contributed by atoms with Gasteiger partial charge in [-0.05, 0) is 81.1 Å². The lowest BCUT2D eigenvalue weighted by molar-refractivity contribution is -0.299. The van der Waals surface area contributed by atoms with E-state index < -0.39 is 22.2 Å². The van der Waals surface area contributed by atoms with Gasteiger partial charge in [0.15, 0.2) is 0 Å². The van der Waals surface area contributed by atoms with Gasteiger partial charge in [0.05, 0.1) is 11.8 Å². The molecule has 0 atom stereocenters. The number of nitrogens with zero attached hydrogens (tertiary/aromatic N) is 2. The summed E-state index contributed by atoms with van der Waals surface area (Å²) in [7, 11) is 0. The summed E-state index contributed by atoms with van der Waals surface area (Å²) < 4.78 is 11.8. The lowest BCUT2D eigenvalue weighted by atomic mass is 9.79. The molecule has 0 aromatic rings. The predicted octanol–water partition coefficient (Wildman–Crippen LogP) is 4.66. The third-order valence-electron chi connectivity index (χ3n) is 8.11. The van der Waals surface area contributed by atoms with Crippen LogP contribution in [0.2, 0.25) is 0 Å². The monoisotopic (exact) mass is 481 g/mol. The van der Waals surface area contributed by atoms with Crippen LogP contribution in [0.15, 0.2) is 0 Å². The first-order valence-electron chi connectivity index (χ1n) is 12.8. The molecule has 3 fully saturated rings. The van der Waals surface area contributed by atoms with Crippen molar-refractivity contribution >= 4 is 11.9 Å². The molecule has 2 heterocycles. The van der Waals surface area contributed by atoms with Gasteiger partial charge in [0, 0.05) is 47.8 Å². The number of hydroxylamine groups is 4. The van der Waals surface area contributed by atoms with E-state index in [1.54, 1.807) is 0 Å². The van der Waals surface area contributed by atoms with Gasteiger partial charge in [-0.3, -0.25) is 9.59 Å². The van der Waals surface area contributed by atoms with Crippen LogP contribution in [-0.2, 0) is 24.3 Å². The minimum absolute atomic E-state index is 0.193. The largest absolute Gasteiger partial charge is 0.462 e. The zero-order chi connectivity index (χ0) is 25.7. The summed E-state index contributed by atoms with van der Waals surface area (Å²) in [6.45, 7) is 15.4. The SMILES string of the molecule is CC1(C)CC(OC(=O)C2CCC(C(=O)OC3CC(C)(C)N(O)C(C)(C)C3)CC2)CC(C)(C)N1[O]. The molecule has 2 saturated heterocycles. The maximum Gasteiger partial charge on any atom is 0.309 e. The Morgan fingerprint density at radius 1 is 0.647 bits per heavy atom. The van der Waals surface area contributed by atoms with Gasteiger partial charge in [-0.25, -0.2) is 0 Å². The highest BCUT2D eigenvalue weighted by atomic mass is 16.6. The second-order valence-electron chi connectivity index (χ2n) is 13.3. The highest BCUT2D eigenvalue weighted by Gasteiger charge is 2.49. The number of piperidine rings is 2. The molecule has 0 aromatic heterocycles. The highest BCUT2D eigenvalue weighted by molar-refractivity contribution is 5.75. The molecule has 8 heteroatoms. The van der Waals surface area contributed by atoms with E-state index in [2.05, 4.69) is 0 Å². The van der Waals surface area contributed by atoms with Crippen LogP contribution in [0.4, 0.5) is 0 Å². The Balaban J connectivity index is 1.49. The standard InChI is InChI=1S/C26H45N2O6/c1-23(2)13-19(14-24(3,4)27(23)31)33-21(29)17-9-11-18(12-10-17)22(30)34-20-15-25(5,6)28(32)26(7,8)16-20/h17-20,31H,9-16H2,1-8H3. The van der Waals surface area contributed by atoms with Crippen LogP contribution < -0.4 is 0 Å². The van der Waals surface area contributed by atoms with Gasteiger partial charge in [0.1, 0.15) is 12.2 Å². The van der Waals surface area contributed by atoms with Crippen LogP contribution in [0, 0.1) is 11.8 Å². The second-order valence-corrected chi connectivity index (χ2v) is 13.3. The van der Waals surface area contributed by atoms with Gasteiger partial charge in [0.25, 0.3) is 0 Å². The molecule has 8 nitrogen and oxygen atoms in total. The smallest absolute Gasteiger partial charge is 0.309 e. The zero-order valence-corrected chi connectivity index (χ0v) is 22.3. The fourth-order valence-electron chi connectivity index (χ4n) is 6.60. The van der Waals surface area contributed by atoms with Crippen LogP contribution in [0.25, 0.3) is 0 Å². The minimum Gasteiger partial charge on any atom is -0.462 e. The fourth-order valence-corrected chi connectivity index (χ4v) is 6.60. The Morgan fingerprint density at radius 3 is 1.26 bits per heavy atom.